The van der Waals surface area contributed by atoms with Crippen molar-refractivity contribution in [1.29, 1.82) is 0 Å². The van der Waals surface area contributed by atoms with E-state index in [1.165, 1.54) is 0 Å². The second kappa shape index (κ2) is 8.65. The van der Waals surface area contributed by atoms with Crippen LogP contribution in [0.5, 0.6) is 0 Å². The molecule has 1 aliphatic carbocycles. The van der Waals surface area contributed by atoms with Gasteiger partial charge in [0.1, 0.15) is 11.4 Å². The lowest BCUT2D eigenvalue weighted by Crippen LogP contribution is -2.73. The van der Waals surface area contributed by atoms with Crippen LogP contribution in [0.15, 0.2) is 118 Å². The molecule has 4 aromatic rings. The number of nitrogens with one attached hydrogen (secondary N) is 1. The van der Waals surface area contributed by atoms with E-state index in [-0.39, 0.29) is 5.66 Å². The first kappa shape index (κ1) is 21.9. The zero-order chi connectivity index (χ0) is 24.7. The van der Waals surface area contributed by atoms with Gasteiger partial charge in [-0.15, -0.1) is 4.59 Å². The molecule has 2 aromatic heterocycles. The highest BCUT2D eigenvalue weighted by Gasteiger charge is 2.55. The van der Waals surface area contributed by atoms with Gasteiger partial charge in [0.05, 0.1) is 48.3 Å². The van der Waals surface area contributed by atoms with E-state index < -0.39 is 0 Å². The summed E-state index contributed by atoms with van der Waals surface area (Å²) in [4.78, 5) is 14.1. The Balaban J connectivity index is 1.36. The minimum Gasteiger partial charge on any atom is -0.468 e. The van der Waals surface area contributed by atoms with Crippen molar-refractivity contribution in [2.45, 2.75) is 31.5 Å². The molecule has 1 atom stereocenters. The summed E-state index contributed by atoms with van der Waals surface area (Å²) in [6.07, 6.45) is 14.6. The summed E-state index contributed by atoms with van der Waals surface area (Å²) in [5.74, 6) is 0.917. The van der Waals surface area contributed by atoms with Gasteiger partial charge in [0.2, 0.25) is 12.0 Å². The van der Waals surface area contributed by atoms with Crippen molar-refractivity contribution >= 4 is 29.1 Å². The Morgan fingerprint density at radius 2 is 1.86 bits per heavy atom. The third-order valence-corrected chi connectivity index (χ3v) is 7.53. The van der Waals surface area contributed by atoms with Crippen LogP contribution in [-0.4, -0.2) is 27.8 Å². The predicted molar refractivity (Wildman–Crippen MR) is 146 cm³/mol. The highest BCUT2D eigenvalue weighted by molar-refractivity contribution is 5.86. The molecule has 4 heterocycles. The normalized spacial score (nSPS) is 21.0. The fraction of sp³-hybridized carbons (Fsp3) is 0.167. The average molecular weight is 488 g/mol. The van der Waals surface area contributed by atoms with Crippen molar-refractivity contribution in [3.63, 3.8) is 0 Å². The zero-order valence-corrected chi connectivity index (χ0v) is 20.4. The third kappa shape index (κ3) is 3.63. The van der Waals surface area contributed by atoms with Crippen LogP contribution in [0.1, 0.15) is 25.0 Å². The van der Waals surface area contributed by atoms with Crippen LogP contribution in [0.4, 0.5) is 5.69 Å². The van der Waals surface area contributed by atoms with Gasteiger partial charge in [-0.25, -0.2) is 9.98 Å². The van der Waals surface area contributed by atoms with E-state index in [4.69, 9.17) is 9.40 Å². The Morgan fingerprint density at radius 3 is 2.68 bits per heavy atom. The number of allylic oxidation sites excluding steroid dienone is 1. The molecular formula is C30H27N6O+. The SMILES string of the molecule is C1=C[N+]2(N(c3ccc4ccc(-c5ccccc5)nc4c3)C3(NCc4ccco4)CCC3)C=NC=C2C=N1. The number of aromatic nitrogens is 1. The van der Waals surface area contributed by atoms with Gasteiger partial charge in [0, 0.05) is 10.9 Å². The molecule has 37 heavy (non-hydrogen) atoms. The second-order valence-electron chi connectivity index (χ2n) is 9.70. The Morgan fingerprint density at radius 1 is 0.973 bits per heavy atom. The van der Waals surface area contributed by atoms with Gasteiger partial charge < -0.3 is 4.42 Å². The number of aliphatic imine (C=N–C) groups is 2. The number of hydrogen-bond donors (Lipinski definition) is 1. The summed E-state index contributed by atoms with van der Waals surface area (Å²) in [7, 11) is 0. The summed E-state index contributed by atoms with van der Waals surface area (Å²) >= 11 is 0. The number of pyridine rings is 1. The largest absolute Gasteiger partial charge is 0.468 e. The van der Waals surface area contributed by atoms with Crippen molar-refractivity contribution in [3.8, 4) is 11.3 Å². The Bertz CT molecular complexity index is 1570. The molecule has 0 saturated heterocycles. The Labute approximate surface area is 215 Å². The maximum Gasteiger partial charge on any atom is 0.225 e. The summed E-state index contributed by atoms with van der Waals surface area (Å²) in [6, 6.07) is 25.1. The first-order valence-electron chi connectivity index (χ1n) is 12.6. The quantitative estimate of drug-likeness (QED) is 0.251. The van der Waals surface area contributed by atoms with Gasteiger partial charge in [0.15, 0.2) is 6.20 Å². The Hall–Kier alpha value is -4.33. The van der Waals surface area contributed by atoms with Crippen molar-refractivity contribution in [2.75, 3.05) is 5.01 Å². The van der Waals surface area contributed by atoms with E-state index in [1.54, 1.807) is 6.26 Å². The Kier molecular flexibility index (Phi) is 5.13. The molecular weight excluding hydrogens is 460 g/mol. The standard InChI is InChI=1S/C30H27N6O/c1-2-6-23(7-3-1)28-12-10-24-9-11-25(18-29(24)34-28)35(36-16-15-31-19-26(36)20-32-22-36)30(13-5-14-30)33-21-27-8-4-17-37-27/h1-4,6-12,15-20,22,33H,5,13-14,21H2/q+1. The van der Waals surface area contributed by atoms with Gasteiger partial charge in [-0.3, -0.25) is 10.3 Å². The van der Waals surface area contributed by atoms with E-state index in [1.807, 2.05) is 55.3 Å². The van der Waals surface area contributed by atoms with Gasteiger partial charge >= 0.3 is 0 Å². The maximum absolute atomic E-state index is 5.66. The molecule has 0 spiro atoms. The van der Waals surface area contributed by atoms with Crippen molar-refractivity contribution in [1.82, 2.24) is 10.3 Å². The molecule has 7 nitrogen and oxygen atoms in total. The summed E-state index contributed by atoms with van der Waals surface area (Å²) in [5, 5.41) is 7.39. The van der Waals surface area contributed by atoms with Crippen LogP contribution in [0.25, 0.3) is 22.2 Å². The molecule has 7 heteroatoms. The lowest BCUT2D eigenvalue weighted by atomic mass is 9.83. The van der Waals surface area contributed by atoms with Crippen LogP contribution in [-0.2, 0) is 6.54 Å². The smallest absolute Gasteiger partial charge is 0.225 e. The first-order chi connectivity index (χ1) is 18.3. The van der Waals surface area contributed by atoms with Crippen LogP contribution >= 0.6 is 0 Å². The number of anilines is 1. The van der Waals surface area contributed by atoms with Crippen LogP contribution in [0.2, 0.25) is 0 Å². The van der Waals surface area contributed by atoms with Gasteiger partial charge in [0.25, 0.3) is 0 Å². The van der Waals surface area contributed by atoms with Crippen molar-refractivity contribution in [2.24, 2.45) is 9.98 Å². The summed E-state index contributed by atoms with van der Waals surface area (Å²) in [5.41, 5.74) is 4.79. The van der Waals surface area contributed by atoms with E-state index in [2.05, 4.69) is 69.0 Å². The molecule has 1 saturated carbocycles. The predicted octanol–water partition coefficient (Wildman–Crippen LogP) is 6.14. The number of rotatable bonds is 7. The fourth-order valence-electron chi connectivity index (χ4n) is 5.52. The first-order valence-corrected chi connectivity index (χ1v) is 12.6. The molecule has 2 aliphatic heterocycles. The monoisotopic (exact) mass is 487 g/mol. The molecule has 1 N–H and O–H groups in total. The van der Waals surface area contributed by atoms with E-state index in [9.17, 15) is 0 Å². The minimum absolute atomic E-state index is 0.303. The fourth-order valence-corrected chi connectivity index (χ4v) is 5.52. The van der Waals surface area contributed by atoms with Crippen LogP contribution in [0.3, 0.4) is 0 Å². The van der Waals surface area contributed by atoms with Crippen molar-refractivity contribution < 1.29 is 9.01 Å². The van der Waals surface area contributed by atoms with Gasteiger partial charge in [-0.05, 0) is 49.6 Å². The van der Waals surface area contributed by atoms with E-state index in [0.29, 0.717) is 11.1 Å². The molecule has 2 aromatic carbocycles. The lowest BCUT2D eigenvalue weighted by molar-refractivity contribution is -0.752. The molecule has 3 aliphatic rings. The molecule has 1 unspecified atom stereocenters. The molecule has 0 radical (unpaired) electrons. The number of benzene rings is 2. The van der Waals surface area contributed by atoms with Gasteiger partial charge in [-0.2, -0.15) is 5.01 Å². The summed E-state index contributed by atoms with van der Waals surface area (Å²) in [6.45, 7) is 0.640. The van der Waals surface area contributed by atoms with Crippen LogP contribution < -0.4 is 10.3 Å². The third-order valence-electron chi connectivity index (χ3n) is 7.53. The number of nitrogens with zero attached hydrogens (tertiary/aromatic N) is 5. The van der Waals surface area contributed by atoms with E-state index >= 15 is 0 Å². The van der Waals surface area contributed by atoms with Crippen molar-refractivity contribution in [3.05, 3.63) is 109 Å². The lowest BCUT2D eigenvalue weighted by Gasteiger charge is -2.55. The topological polar surface area (TPSA) is 66.0 Å². The average Bonchev–Trinajstić information content (AvgIpc) is 3.60. The number of fused-ring (bicyclic) bond motifs is 2. The number of furan rings is 1. The molecule has 182 valence electrons. The molecule has 7 rings (SSSR count). The molecule has 0 bridgehead atoms. The molecule has 0 amide bonds. The highest BCUT2D eigenvalue weighted by atomic mass is 16.3. The number of quaternary nitrogens is 1. The minimum atomic E-state index is -0.303. The van der Waals surface area contributed by atoms with E-state index in [0.717, 1.165) is 58.6 Å². The van der Waals surface area contributed by atoms with Crippen LogP contribution in [0, 0.1) is 0 Å². The highest BCUT2D eigenvalue weighted by Crippen LogP contribution is 2.45. The second-order valence-corrected chi connectivity index (χ2v) is 9.70. The maximum atomic E-state index is 5.66. The zero-order valence-electron chi connectivity index (χ0n) is 20.4. The van der Waals surface area contributed by atoms with Gasteiger partial charge in [-0.1, -0.05) is 42.5 Å². The summed E-state index contributed by atoms with van der Waals surface area (Å²) < 4.78 is 6.00. The number of hydrogen-bond acceptors (Lipinski definition) is 6. The molecule has 1 fully saturated rings.